The average Bonchev–Trinajstić information content (AvgIpc) is 2.82. The van der Waals surface area contributed by atoms with Gasteiger partial charge >= 0.3 is 5.88 Å². The van der Waals surface area contributed by atoms with E-state index in [0.717, 1.165) is 0 Å². The molecule has 1 aromatic heterocycles. The second-order valence-electron chi connectivity index (χ2n) is 3.63. The van der Waals surface area contributed by atoms with E-state index in [0.29, 0.717) is 5.56 Å². The highest BCUT2D eigenvalue weighted by Gasteiger charge is 2.09. The number of ether oxygens (including phenoxy) is 1. The molecule has 0 aliphatic heterocycles. The van der Waals surface area contributed by atoms with Crippen LogP contribution in [0.4, 0.5) is 5.82 Å². The number of hydrogen-bond donors (Lipinski definition) is 3. The Bertz CT molecular complexity index is 625. The summed E-state index contributed by atoms with van der Waals surface area (Å²) in [6.07, 6.45) is 1.38. The van der Waals surface area contributed by atoms with Gasteiger partial charge in [0.15, 0.2) is 6.61 Å². The molecule has 0 saturated heterocycles. The summed E-state index contributed by atoms with van der Waals surface area (Å²) in [5.41, 5.74) is 8.21. The molecule has 0 unspecified atom stereocenters. The van der Waals surface area contributed by atoms with Crippen molar-refractivity contribution in [2.75, 3.05) is 12.3 Å². The Morgan fingerprint density at radius 2 is 2.40 bits per heavy atom. The van der Waals surface area contributed by atoms with Crippen molar-refractivity contribution < 1.29 is 19.3 Å². The fourth-order valence-corrected chi connectivity index (χ4v) is 1.24. The number of phenolic OH excluding ortho intramolecular Hbond substituents is 1. The van der Waals surface area contributed by atoms with Crippen LogP contribution in [0.1, 0.15) is 5.56 Å². The Morgan fingerprint density at radius 1 is 1.55 bits per heavy atom. The van der Waals surface area contributed by atoms with Crippen molar-refractivity contribution in [1.29, 1.82) is 0 Å². The maximum Gasteiger partial charge on any atom is 0.300 e. The van der Waals surface area contributed by atoms with Crippen LogP contribution in [0.3, 0.4) is 0 Å². The zero-order chi connectivity index (χ0) is 14.4. The molecule has 2 aromatic rings. The number of rotatable bonds is 5. The third-order valence-electron chi connectivity index (χ3n) is 2.10. The van der Waals surface area contributed by atoms with Crippen molar-refractivity contribution in [3.05, 3.63) is 29.8 Å². The number of nitrogens with two attached hydrogens (primary N) is 1. The first kappa shape index (κ1) is 13.3. The zero-order valence-corrected chi connectivity index (χ0v) is 10.2. The van der Waals surface area contributed by atoms with E-state index in [1.807, 2.05) is 0 Å². The largest absolute Gasteiger partial charge is 0.508 e. The molecule has 20 heavy (non-hydrogen) atoms. The number of aromatic nitrogens is 2. The molecule has 0 fully saturated rings. The van der Waals surface area contributed by atoms with E-state index < -0.39 is 5.91 Å². The van der Waals surface area contributed by atoms with Crippen LogP contribution in [0.2, 0.25) is 0 Å². The maximum absolute atomic E-state index is 11.4. The summed E-state index contributed by atoms with van der Waals surface area (Å²) in [6, 6.07) is 6.39. The normalized spacial score (nSPS) is 10.6. The van der Waals surface area contributed by atoms with Gasteiger partial charge in [-0.25, -0.2) is 10.1 Å². The van der Waals surface area contributed by atoms with Gasteiger partial charge in [-0.2, -0.15) is 5.10 Å². The van der Waals surface area contributed by atoms with Gasteiger partial charge in [-0.1, -0.05) is 12.1 Å². The standard InChI is InChI=1S/C11H11N5O4/c12-10-11(16-20-15-10)19-6-9(18)14-13-5-7-2-1-3-8(17)4-7/h1-5,17H,6H2,(H2,12,15)(H,14,18)/b13-5+. The summed E-state index contributed by atoms with van der Waals surface area (Å²) in [7, 11) is 0. The summed E-state index contributed by atoms with van der Waals surface area (Å²) in [5.74, 6) is -0.500. The van der Waals surface area contributed by atoms with E-state index >= 15 is 0 Å². The van der Waals surface area contributed by atoms with Crippen LogP contribution in [0, 0.1) is 0 Å². The van der Waals surface area contributed by atoms with Gasteiger partial charge in [0.05, 0.1) is 6.21 Å². The number of aromatic hydroxyl groups is 1. The molecule has 0 saturated carbocycles. The fraction of sp³-hybridized carbons (Fsp3) is 0.0909. The van der Waals surface area contributed by atoms with E-state index in [1.165, 1.54) is 18.3 Å². The van der Waals surface area contributed by atoms with E-state index in [2.05, 4.69) is 25.5 Å². The average molecular weight is 277 g/mol. The molecule has 2 rings (SSSR count). The van der Waals surface area contributed by atoms with Crippen molar-refractivity contribution >= 4 is 17.9 Å². The van der Waals surface area contributed by atoms with Crippen LogP contribution in [0.5, 0.6) is 11.6 Å². The number of hydrogen-bond acceptors (Lipinski definition) is 8. The van der Waals surface area contributed by atoms with Gasteiger partial charge in [-0.05, 0) is 28.0 Å². The SMILES string of the molecule is Nc1nonc1OCC(=O)N/N=C/c1cccc(O)c1. The van der Waals surface area contributed by atoms with Gasteiger partial charge in [0.1, 0.15) is 5.75 Å². The van der Waals surface area contributed by atoms with Crippen LogP contribution >= 0.6 is 0 Å². The number of amides is 1. The number of phenols is 1. The second-order valence-corrected chi connectivity index (χ2v) is 3.63. The molecule has 0 spiro atoms. The van der Waals surface area contributed by atoms with Gasteiger partial charge in [-0.15, -0.1) is 0 Å². The molecule has 4 N–H and O–H groups in total. The van der Waals surface area contributed by atoms with E-state index in [1.54, 1.807) is 12.1 Å². The molecule has 1 aromatic carbocycles. The van der Waals surface area contributed by atoms with Gasteiger partial charge < -0.3 is 15.6 Å². The zero-order valence-electron chi connectivity index (χ0n) is 10.2. The van der Waals surface area contributed by atoms with E-state index in [-0.39, 0.29) is 24.1 Å². The third kappa shape index (κ3) is 3.70. The molecule has 1 amide bonds. The lowest BCUT2D eigenvalue weighted by Crippen LogP contribution is -2.24. The first-order valence-electron chi connectivity index (χ1n) is 5.47. The Balaban J connectivity index is 1.79. The Hall–Kier alpha value is -3.10. The Kier molecular flexibility index (Phi) is 4.12. The number of carbonyl (C=O) groups excluding carboxylic acids is 1. The lowest BCUT2D eigenvalue weighted by atomic mass is 10.2. The van der Waals surface area contributed by atoms with Gasteiger partial charge in [-0.3, -0.25) is 4.79 Å². The number of nitrogen functional groups attached to an aromatic ring is 1. The van der Waals surface area contributed by atoms with Crippen LogP contribution < -0.4 is 15.9 Å². The van der Waals surface area contributed by atoms with Gasteiger partial charge in [0.2, 0.25) is 5.82 Å². The molecule has 9 nitrogen and oxygen atoms in total. The minimum Gasteiger partial charge on any atom is -0.508 e. The fourth-order valence-electron chi connectivity index (χ4n) is 1.24. The summed E-state index contributed by atoms with van der Waals surface area (Å²) >= 11 is 0. The minimum absolute atomic E-state index is 0.0407. The lowest BCUT2D eigenvalue weighted by molar-refractivity contribution is -0.123. The molecule has 0 aliphatic carbocycles. The van der Waals surface area contributed by atoms with Crippen LogP contribution in [-0.4, -0.2) is 34.1 Å². The smallest absolute Gasteiger partial charge is 0.300 e. The highest BCUT2D eigenvalue weighted by molar-refractivity contribution is 5.83. The Labute approximate surface area is 113 Å². The van der Waals surface area contributed by atoms with Crippen LogP contribution in [0.15, 0.2) is 34.0 Å². The summed E-state index contributed by atoms with van der Waals surface area (Å²) in [4.78, 5) is 11.4. The molecule has 0 radical (unpaired) electrons. The van der Waals surface area contributed by atoms with Crippen molar-refractivity contribution in [1.82, 2.24) is 15.7 Å². The van der Waals surface area contributed by atoms with Gasteiger partial charge in [0, 0.05) is 0 Å². The third-order valence-corrected chi connectivity index (χ3v) is 2.10. The molecule has 104 valence electrons. The number of hydrazone groups is 1. The van der Waals surface area contributed by atoms with Crippen molar-refractivity contribution in [2.24, 2.45) is 5.10 Å². The monoisotopic (exact) mass is 277 g/mol. The molecular weight excluding hydrogens is 266 g/mol. The molecule has 0 bridgehead atoms. The number of anilines is 1. The summed E-state index contributed by atoms with van der Waals surface area (Å²) < 4.78 is 9.23. The summed E-state index contributed by atoms with van der Waals surface area (Å²) in [6.45, 7) is -0.338. The lowest BCUT2D eigenvalue weighted by Gasteiger charge is -2.00. The van der Waals surface area contributed by atoms with E-state index in [9.17, 15) is 9.90 Å². The maximum atomic E-state index is 11.4. The van der Waals surface area contributed by atoms with E-state index in [4.69, 9.17) is 10.5 Å². The molecular formula is C11H11N5O4. The van der Waals surface area contributed by atoms with Crippen molar-refractivity contribution in [3.8, 4) is 11.6 Å². The predicted octanol–water partition coefficient (Wildman–Crippen LogP) is -0.113. The number of nitrogens with one attached hydrogen (secondary N) is 1. The van der Waals surface area contributed by atoms with Crippen molar-refractivity contribution in [2.45, 2.75) is 0 Å². The number of nitrogens with zero attached hydrogens (tertiary/aromatic N) is 3. The van der Waals surface area contributed by atoms with Crippen LogP contribution in [0.25, 0.3) is 0 Å². The number of benzene rings is 1. The quantitative estimate of drug-likeness (QED) is 0.512. The second kappa shape index (κ2) is 6.18. The first-order valence-corrected chi connectivity index (χ1v) is 5.47. The molecule has 0 atom stereocenters. The van der Waals surface area contributed by atoms with Crippen LogP contribution in [-0.2, 0) is 4.79 Å². The Morgan fingerprint density at radius 3 is 3.10 bits per heavy atom. The highest BCUT2D eigenvalue weighted by Crippen LogP contribution is 2.13. The molecule has 9 heteroatoms. The van der Waals surface area contributed by atoms with Gasteiger partial charge in [0.25, 0.3) is 5.91 Å². The molecule has 1 heterocycles. The molecule has 0 aliphatic rings. The highest BCUT2D eigenvalue weighted by atomic mass is 16.6. The van der Waals surface area contributed by atoms with Crippen molar-refractivity contribution in [3.63, 3.8) is 0 Å². The summed E-state index contributed by atoms with van der Waals surface area (Å²) in [5, 5.41) is 19.6. The topological polar surface area (TPSA) is 136 Å². The predicted molar refractivity (Wildman–Crippen MR) is 68.0 cm³/mol. The number of carbonyl (C=O) groups is 1. The minimum atomic E-state index is -0.510. The first-order chi connectivity index (χ1) is 9.65.